The van der Waals surface area contributed by atoms with Gasteiger partial charge in [0.1, 0.15) is 10.6 Å². The fraction of sp³-hybridized carbons (Fsp3) is 0.280. The van der Waals surface area contributed by atoms with Gasteiger partial charge in [0.15, 0.2) is 16.9 Å². The summed E-state index contributed by atoms with van der Waals surface area (Å²) in [5, 5.41) is 10.3. The van der Waals surface area contributed by atoms with Crippen LogP contribution in [0.25, 0.3) is 11.0 Å². The van der Waals surface area contributed by atoms with Crippen LogP contribution in [0.4, 0.5) is 5.13 Å². The van der Waals surface area contributed by atoms with Gasteiger partial charge in [0.25, 0.3) is 5.91 Å². The number of hydrogen-bond donors (Lipinski definition) is 0. The van der Waals surface area contributed by atoms with Gasteiger partial charge in [-0.3, -0.25) is 14.5 Å². The Balaban J connectivity index is 1.74. The standard InChI is InChI=1S/C25H22ClN3O5S/c1-4-10-33-17-8-6-13(11-18(17)32-3)21-20-22(30)15-12-14(26)7-9-16(15)34-23(20)24(31)29(21)25-28-27-19(5-2)35-25/h6-9,11-12,21H,4-5,10H2,1-3H3/t21-/m0/s1. The molecule has 2 aromatic carbocycles. The molecular formula is C25H22ClN3O5S. The second kappa shape index (κ2) is 9.31. The number of fused-ring (bicyclic) bond motifs is 2. The monoisotopic (exact) mass is 511 g/mol. The van der Waals surface area contributed by atoms with Crippen LogP contribution in [0, 0.1) is 0 Å². The van der Waals surface area contributed by atoms with Crippen molar-refractivity contribution >= 4 is 44.9 Å². The first-order valence-electron chi connectivity index (χ1n) is 11.2. The van der Waals surface area contributed by atoms with Gasteiger partial charge in [0, 0.05) is 5.02 Å². The van der Waals surface area contributed by atoms with Crippen molar-refractivity contribution in [2.75, 3.05) is 18.6 Å². The Hall–Kier alpha value is -3.43. The van der Waals surface area contributed by atoms with Gasteiger partial charge in [0.05, 0.1) is 30.7 Å². The zero-order chi connectivity index (χ0) is 24.7. The number of amides is 1. The average Bonchev–Trinajstić information content (AvgIpc) is 3.45. The van der Waals surface area contributed by atoms with Crippen molar-refractivity contribution < 1.29 is 18.7 Å². The Kier molecular flexibility index (Phi) is 6.21. The van der Waals surface area contributed by atoms with E-state index in [1.165, 1.54) is 16.2 Å². The zero-order valence-corrected chi connectivity index (χ0v) is 20.9. The molecule has 0 unspecified atom stereocenters. The summed E-state index contributed by atoms with van der Waals surface area (Å²) in [6.07, 6.45) is 1.52. The van der Waals surface area contributed by atoms with Crippen LogP contribution < -0.4 is 19.8 Å². The maximum absolute atomic E-state index is 13.7. The Labute approximate surface area is 210 Å². The fourth-order valence-electron chi connectivity index (χ4n) is 4.13. The maximum Gasteiger partial charge on any atom is 0.297 e. The van der Waals surface area contributed by atoms with Crippen molar-refractivity contribution in [3.8, 4) is 11.5 Å². The van der Waals surface area contributed by atoms with Crippen LogP contribution in [0.3, 0.4) is 0 Å². The summed E-state index contributed by atoms with van der Waals surface area (Å²) in [4.78, 5) is 28.8. The maximum atomic E-state index is 13.7. The van der Waals surface area contributed by atoms with Crippen LogP contribution in [0.2, 0.25) is 5.02 Å². The fourth-order valence-corrected chi connectivity index (χ4v) is 5.11. The summed E-state index contributed by atoms with van der Waals surface area (Å²) < 4.78 is 17.3. The molecule has 0 aliphatic carbocycles. The van der Waals surface area contributed by atoms with Gasteiger partial charge in [-0.15, -0.1) is 10.2 Å². The molecular weight excluding hydrogens is 490 g/mol. The lowest BCUT2D eigenvalue weighted by atomic mass is 9.98. The van der Waals surface area contributed by atoms with Crippen LogP contribution >= 0.6 is 22.9 Å². The highest BCUT2D eigenvalue weighted by Crippen LogP contribution is 2.44. The average molecular weight is 512 g/mol. The molecule has 5 rings (SSSR count). The molecule has 0 N–H and O–H groups in total. The topological polar surface area (TPSA) is 94.8 Å². The molecule has 180 valence electrons. The van der Waals surface area contributed by atoms with E-state index in [-0.39, 0.29) is 16.8 Å². The summed E-state index contributed by atoms with van der Waals surface area (Å²) in [6, 6.07) is 9.34. The van der Waals surface area contributed by atoms with Gasteiger partial charge in [-0.05, 0) is 48.7 Å². The van der Waals surface area contributed by atoms with E-state index in [2.05, 4.69) is 10.2 Å². The lowest BCUT2D eigenvalue weighted by Gasteiger charge is -2.23. The van der Waals surface area contributed by atoms with Crippen LogP contribution in [0.15, 0.2) is 45.6 Å². The Bertz CT molecular complexity index is 1500. The number of halogens is 1. The number of anilines is 1. The molecule has 8 nitrogen and oxygen atoms in total. The van der Waals surface area contributed by atoms with Crippen molar-refractivity contribution in [1.29, 1.82) is 0 Å². The number of carbonyl (C=O) groups excluding carboxylic acids is 1. The number of aromatic nitrogens is 2. The van der Waals surface area contributed by atoms with Crippen molar-refractivity contribution in [2.24, 2.45) is 0 Å². The third-order valence-corrected chi connectivity index (χ3v) is 7.06. The number of carbonyl (C=O) groups is 1. The number of ether oxygens (including phenoxy) is 2. The van der Waals surface area contributed by atoms with Crippen LogP contribution in [0.1, 0.15) is 53.0 Å². The van der Waals surface area contributed by atoms with Crippen molar-refractivity contribution in [1.82, 2.24) is 10.2 Å². The van der Waals surface area contributed by atoms with E-state index in [1.807, 2.05) is 19.9 Å². The van der Waals surface area contributed by atoms with Gasteiger partial charge >= 0.3 is 0 Å². The van der Waals surface area contributed by atoms with E-state index in [4.69, 9.17) is 25.5 Å². The minimum atomic E-state index is -0.788. The molecule has 4 aromatic rings. The van der Waals surface area contributed by atoms with Gasteiger partial charge in [0.2, 0.25) is 10.9 Å². The SMILES string of the molecule is CCCOc1ccc([C@H]2c3c(oc4ccc(Cl)cc4c3=O)C(=O)N2c2nnc(CC)s2)cc1OC. The summed E-state index contributed by atoms with van der Waals surface area (Å²) in [5.74, 6) is 0.601. The molecule has 0 radical (unpaired) electrons. The minimum Gasteiger partial charge on any atom is -0.493 e. The highest BCUT2D eigenvalue weighted by atomic mass is 35.5. The molecule has 2 aromatic heterocycles. The van der Waals surface area contributed by atoms with E-state index in [0.717, 1.165) is 11.4 Å². The number of nitrogens with zero attached hydrogens (tertiary/aromatic N) is 3. The highest BCUT2D eigenvalue weighted by Gasteiger charge is 2.45. The first kappa shape index (κ1) is 23.3. The predicted molar refractivity (Wildman–Crippen MR) is 134 cm³/mol. The van der Waals surface area contributed by atoms with E-state index in [1.54, 1.807) is 37.4 Å². The van der Waals surface area contributed by atoms with E-state index in [0.29, 0.717) is 51.2 Å². The number of aryl methyl sites for hydroxylation is 1. The van der Waals surface area contributed by atoms with Crippen LogP contribution in [-0.4, -0.2) is 29.8 Å². The molecule has 1 aliphatic heterocycles. The summed E-state index contributed by atoms with van der Waals surface area (Å²) in [5.41, 5.74) is 0.844. The summed E-state index contributed by atoms with van der Waals surface area (Å²) in [7, 11) is 1.55. The number of methoxy groups -OCH3 is 1. The molecule has 1 atom stereocenters. The van der Waals surface area contributed by atoms with Gasteiger partial charge < -0.3 is 13.9 Å². The summed E-state index contributed by atoms with van der Waals surface area (Å²) >= 11 is 7.46. The number of rotatable bonds is 7. The van der Waals surface area contributed by atoms with Gasteiger partial charge in [-0.2, -0.15) is 0 Å². The third kappa shape index (κ3) is 3.94. The molecule has 10 heteroatoms. The second-order valence-electron chi connectivity index (χ2n) is 7.98. The number of benzene rings is 2. The summed E-state index contributed by atoms with van der Waals surface area (Å²) in [6.45, 7) is 4.51. The lowest BCUT2D eigenvalue weighted by Crippen LogP contribution is -2.29. The largest absolute Gasteiger partial charge is 0.493 e. The van der Waals surface area contributed by atoms with Crippen molar-refractivity contribution in [3.63, 3.8) is 0 Å². The van der Waals surface area contributed by atoms with E-state index >= 15 is 0 Å². The Morgan fingerprint density at radius 3 is 2.66 bits per heavy atom. The smallest absolute Gasteiger partial charge is 0.297 e. The first-order valence-corrected chi connectivity index (χ1v) is 12.4. The molecule has 1 amide bonds. The molecule has 1 aliphatic rings. The van der Waals surface area contributed by atoms with E-state index < -0.39 is 11.9 Å². The molecule has 0 saturated carbocycles. The second-order valence-corrected chi connectivity index (χ2v) is 9.46. The van der Waals surface area contributed by atoms with Gasteiger partial charge in [-0.1, -0.05) is 42.9 Å². The quantitative estimate of drug-likeness (QED) is 0.327. The zero-order valence-electron chi connectivity index (χ0n) is 19.3. The molecule has 0 spiro atoms. The van der Waals surface area contributed by atoms with Crippen molar-refractivity contribution in [3.05, 3.63) is 73.5 Å². The number of hydrogen-bond acceptors (Lipinski definition) is 8. The lowest BCUT2D eigenvalue weighted by molar-refractivity contribution is 0.0970. The molecule has 0 fully saturated rings. The third-order valence-electron chi connectivity index (χ3n) is 5.76. The Morgan fingerprint density at radius 2 is 1.94 bits per heavy atom. The van der Waals surface area contributed by atoms with E-state index in [9.17, 15) is 9.59 Å². The molecule has 0 saturated heterocycles. The van der Waals surface area contributed by atoms with Crippen LogP contribution in [-0.2, 0) is 6.42 Å². The molecule has 3 heterocycles. The Morgan fingerprint density at radius 1 is 1.11 bits per heavy atom. The molecule has 35 heavy (non-hydrogen) atoms. The predicted octanol–water partition coefficient (Wildman–Crippen LogP) is 5.41. The van der Waals surface area contributed by atoms with Gasteiger partial charge in [-0.25, -0.2) is 0 Å². The highest BCUT2D eigenvalue weighted by molar-refractivity contribution is 7.15. The van der Waals surface area contributed by atoms with Crippen LogP contribution in [0.5, 0.6) is 11.5 Å². The molecule has 0 bridgehead atoms. The van der Waals surface area contributed by atoms with Crippen molar-refractivity contribution in [2.45, 2.75) is 32.7 Å². The minimum absolute atomic E-state index is 0.0200. The first-order chi connectivity index (χ1) is 17.0. The normalized spacial score (nSPS) is 15.0.